The molecule has 1 heterocycles. The molecule has 1 aromatic heterocycles. The van der Waals surface area contributed by atoms with Crippen LogP contribution in [-0.4, -0.2) is 39.5 Å². The van der Waals surface area contributed by atoms with Gasteiger partial charge in [0, 0.05) is 23.4 Å². The zero-order valence-electron chi connectivity index (χ0n) is 14.8. The molecule has 1 N–H and O–H groups in total. The number of non-ortho nitro benzene ring substituents is 1. The highest BCUT2D eigenvalue weighted by Gasteiger charge is 2.15. The summed E-state index contributed by atoms with van der Waals surface area (Å²) in [6, 6.07) is 11.5. The number of nitro benzene ring substituents is 1. The van der Waals surface area contributed by atoms with Gasteiger partial charge in [-0.05, 0) is 25.2 Å². The summed E-state index contributed by atoms with van der Waals surface area (Å²) in [4.78, 5) is 28.2. The Balaban J connectivity index is 1.59. The van der Waals surface area contributed by atoms with E-state index in [-0.39, 0.29) is 36.4 Å². The number of carbonyl (C=O) groups is 1. The number of nitrogens with one attached hydrogen (secondary N) is 1. The van der Waals surface area contributed by atoms with Gasteiger partial charge in [-0.15, -0.1) is 0 Å². The number of anilines is 1. The molecule has 0 spiro atoms. The van der Waals surface area contributed by atoms with Crippen molar-refractivity contribution in [2.24, 2.45) is 0 Å². The molecular formula is C18H16FN5O4. The van der Waals surface area contributed by atoms with Crippen LogP contribution in [0.2, 0.25) is 0 Å². The molecule has 0 atom stereocenters. The molecule has 0 fully saturated rings. The van der Waals surface area contributed by atoms with E-state index in [1.807, 2.05) is 0 Å². The van der Waals surface area contributed by atoms with Crippen LogP contribution in [0.1, 0.15) is 5.89 Å². The number of nitrogens with zero attached hydrogens (tertiary/aromatic N) is 4. The molecule has 0 unspecified atom stereocenters. The first-order valence-corrected chi connectivity index (χ1v) is 8.22. The number of nitro groups is 1. The smallest absolute Gasteiger partial charge is 0.270 e. The Hall–Kier alpha value is -3.66. The number of aromatic nitrogens is 2. The summed E-state index contributed by atoms with van der Waals surface area (Å²) in [5.74, 6) is -0.295. The molecule has 0 aliphatic carbocycles. The lowest BCUT2D eigenvalue weighted by Gasteiger charge is -2.13. The van der Waals surface area contributed by atoms with E-state index in [4.69, 9.17) is 4.52 Å². The summed E-state index contributed by atoms with van der Waals surface area (Å²) < 4.78 is 18.3. The summed E-state index contributed by atoms with van der Waals surface area (Å²) in [5, 5.41) is 17.3. The van der Waals surface area contributed by atoms with Gasteiger partial charge in [-0.1, -0.05) is 23.4 Å². The van der Waals surface area contributed by atoms with E-state index in [9.17, 15) is 19.3 Å². The summed E-state index contributed by atoms with van der Waals surface area (Å²) in [7, 11) is 1.68. The second kappa shape index (κ2) is 8.35. The largest absolute Gasteiger partial charge is 0.338 e. The Morgan fingerprint density at radius 2 is 2.07 bits per heavy atom. The molecular weight excluding hydrogens is 369 g/mol. The van der Waals surface area contributed by atoms with Crippen LogP contribution in [0.4, 0.5) is 15.8 Å². The van der Waals surface area contributed by atoms with Crippen LogP contribution in [0, 0.1) is 15.9 Å². The molecule has 0 aliphatic heterocycles. The Labute approximate surface area is 158 Å². The average Bonchev–Trinajstić information content (AvgIpc) is 3.10. The van der Waals surface area contributed by atoms with Crippen molar-refractivity contribution in [3.8, 4) is 11.4 Å². The first kappa shape index (κ1) is 19.1. The predicted octanol–water partition coefficient (Wildman–Crippen LogP) is 2.85. The molecule has 28 heavy (non-hydrogen) atoms. The van der Waals surface area contributed by atoms with Crippen LogP contribution in [0.3, 0.4) is 0 Å². The molecule has 0 saturated heterocycles. The van der Waals surface area contributed by atoms with Crippen molar-refractivity contribution in [2.45, 2.75) is 6.54 Å². The maximum absolute atomic E-state index is 13.2. The van der Waals surface area contributed by atoms with Crippen LogP contribution in [0.5, 0.6) is 0 Å². The van der Waals surface area contributed by atoms with Gasteiger partial charge in [0.15, 0.2) is 0 Å². The minimum Gasteiger partial charge on any atom is -0.338 e. The molecule has 0 aliphatic rings. The van der Waals surface area contributed by atoms with Gasteiger partial charge in [0.2, 0.25) is 17.6 Å². The summed E-state index contributed by atoms with van der Waals surface area (Å²) in [6.07, 6.45) is 0. The van der Waals surface area contributed by atoms with Gasteiger partial charge in [-0.2, -0.15) is 4.98 Å². The number of benzene rings is 2. The monoisotopic (exact) mass is 385 g/mol. The maximum Gasteiger partial charge on any atom is 0.270 e. The zero-order valence-corrected chi connectivity index (χ0v) is 14.8. The van der Waals surface area contributed by atoms with Gasteiger partial charge < -0.3 is 9.84 Å². The maximum atomic E-state index is 13.2. The number of rotatable bonds is 7. The van der Waals surface area contributed by atoms with Gasteiger partial charge in [0.25, 0.3) is 5.69 Å². The van der Waals surface area contributed by atoms with E-state index < -0.39 is 10.7 Å². The Bertz CT molecular complexity index is 1010. The van der Waals surface area contributed by atoms with Crippen molar-refractivity contribution in [2.75, 3.05) is 18.9 Å². The van der Waals surface area contributed by atoms with E-state index in [0.29, 0.717) is 11.3 Å². The van der Waals surface area contributed by atoms with Crippen molar-refractivity contribution < 1.29 is 18.6 Å². The van der Waals surface area contributed by atoms with Gasteiger partial charge in [-0.25, -0.2) is 4.39 Å². The Kier molecular flexibility index (Phi) is 5.70. The fraction of sp³-hybridized carbons (Fsp3) is 0.167. The summed E-state index contributed by atoms with van der Waals surface area (Å²) >= 11 is 0. The number of likely N-dealkylation sites (N-methyl/N-ethyl adjacent to an activating group) is 1. The van der Waals surface area contributed by atoms with Crippen LogP contribution in [0.25, 0.3) is 11.4 Å². The van der Waals surface area contributed by atoms with E-state index in [1.165, 1.54) is 36.4 Å². The normalized spacial score (nSPS) is 10.8. The van der Waals surface area contributed by atoms with Crippen molar-refractivity contribution in [3.63, 3.8) is 0 Å². The second-order valence-corrected chi connectivity index (χ2v) is 6.05. The first-order valence-electron chi connectivity index (χ1n) is 8.22. The lowest BCUT2D eigenvalue weighted by molar-refractivity contribution is -0.384. The SMILES string of the molecule is CN(CC(=O)Nc1cccc(F)c1)Cc1nc(-c2cccc([N+](=O)[O-])c2)no1. The molecule has 3 rings (SSSR count). The third-order valence-corrected chi connectivity index (χ3v) is 3.71. The molecule has 1 amide bonds. The highest BCUT2D eigenvalue weighted by atomic mass is 19.1. The Morgan fingerprint density at radius 1 is 1.29 bits per heavy atom. The number of hydrogen-bond donors (Lipinski definition) is 1. The van der Waals surface area contributed by atoms with Gasteiger partial charge in [0.05, 0.1) is 18.0 Å². The van der Waals surface area contributed by atoms with Crippen molar-refractivity contribution in [3.05, 3.63) is 70.4 Å². The summed E-state index contributed by atoms with van der Waals surface area (Å²) in [6.45, 7) is 0.212. The van der Waals surface area contributed by atoms with Gasteiger partial charge in [0.1, 0.15) is 5.82 Å². The highest BCUT2D eigenvalue weighted by molar-refractivity contribution is 5.92. The third kappa shape index (κ3) is 4.95. The number of hydrogen-bond acceptors (Lipinski definition) is 7. The van der Waals surface area contributed by atoms with Crippen LogP contribution in [-0.2, 0) is 11.3 Å². The second-order valence-electron chi connectivity index (χ2n) is 6.05. The fourth-order valence-electron chi connectivity index (χ4n) is 2.49. The standard InChI is InChI=1S/C18H16FN5O4/c1-23(10-16(25)20-14-6-3-5-13(19)9-14)11-17-21-18(22-28-17)12-4-2-7-15(8-12)24(26)27/h2-9H,10-11H2,1H3,(H,20,25). The first-order chi connectivity index (χ1) is 13.4. The fourth-order valence-corrected chi connectivity index (χ4v) is 2.49. The van der Waals surface area contributed by atoms with Crippen LogP contribution < -0.4 is 5.32 Å². The van der Waals surface area contributed by atoms with Crippen molar-refractivity contribution in [1.82, 2.24) is 15.0 Å². The van der Waals surface area contributed by atoms with Crippen molar-refractivity contribution in [1.29, 1.82) is 0 Å². The number of carbonyl (C=O) groups excluding carboxylic acids is 1. The lowest BCUT2D eigenvalue weighted by atomic mass is 10.2. The van der Waals surface area contributed by atoms with E-state index in [1.54, 1.807) is 24.1 Å². The zero-order chi connectivity index (χ0) is 20.1. The van der Waals surface area contributed by atoms with Crippen LogP contribution >= 0.6 is 0 Å². The Morgan fingerprint density at radius 3 is 2.82 bits per heavy atom. The highest BCUT2D eigenvalue weighted by Crippen LogP contribution is 2.21. The molecule has 9 nitrogen and oxygen atoms in total. The number of amides is 1. The number of halogens is 1. The topological polar surface area (TPSA) is 114 Å². The molecule has 0 bridgehead atoms. The molecule has 0 saturated carbocycles. The molecule has 0 radical (unpaired) electrons. The molecule has 2 aromatic carbocycles. The van der Waals surface area contributed by atoms with Gasteiger partial charge in [-0.3, -0.25) is 19.8 Å². The predicted molar refractivity (Wildman–Crippen MR) is 97.8 cm³/mol. The average molecular weight is 385 g/mol. The van der Waals surface area contributed by atoms with Gasteiger partial charge >= 0.3 is 0 Å². The minimum atomic E-state index is -0.504. The minimum absolute atomic E-state index is 0.0189. The molecule has 10 heteroatoms. The summed E-state index contributed by atoms with van der Waals surface area (Å²) in [5.41, 5.74) is 0.745. The molecule has 3 aromatic rings. The third-order valence-electron chi connectivity index (χ3n) is 3.71. The van der Waals surface area contributed by atoms with E-state index in [2.05, 4.69) is 15.5 Å². The van der Waals surface area contributed by atoms with Crippen molar-refractivity contribution >= 4 is 17.3 Å². The lowest BCUT2D eigenvalue weighted by Crippen LogP contribution is -2.29. The quantitative estimate of drug-likeness (QED) is 0.491. The van der Waals surface area contributed by atoms with Crippen LogP contribution in [0.15, 0.2) is 53.1 Å². The van der Waals surface area contributed by atoms with E-state index >= 15 is 0 Å². The molecule has 144 valence electrons. The van der Waals surface area contributed by atoms with E-state index in [0.717, 1.165) is 0 Å².